The van der Waals surface area contributed by atoms with Gasteiger partial charge in [0.25, 0.3) is 11.8 Å². The zero-order chi connectivity index (χ0) is 77.3. The molecule has 2 saturated heterocycles. The molecule has 3 unspecified atom stereocenters. The Bertz CT molecular complexity index is 3350. The number of fused-ring (bicyclic) bond motifs is 2. The highest BCUT2D eigenvalue weighted by molar-refractivity contribution is 7.10. The number of ether oxygens (including phenoxy) is 2. The zero-order valence-electron chi connectivity index (χ0n) is 64.2. The van der Waals surface area contributed by atoms with E-state index in [4.69, 9.17) is 9.47 Å². The van der Waals surface area contributed by atoms with Crippen LogP contribution < -0.4 is 42.5 Å². The van der Waals surface area contributed by atoms with Gasteiger partial charge in [0.15, 0.2) is 6.10 Å². The highest BCUT2D eigenvalue weighted by Crippen LogP contribution is 2.66. The van der Waals surface area contributed by atoms with Gasteiger partial charge in [-0.05, 0) is 123 Å². The maximum absolute atomic E-state index is 14.2. The van der Waals surface area contributed by atoms with Crippen molar-refractivity contribution in [1.82, 2.24) is 62.1 Å². The fourth-order valence-electron chi connectivity index (χ4n) is 13.3. The number of aliphatic hydroxyl groups is 1. The van der Waals surface area contributed by atoms with Gasteiger partial charge in [0, 0.05) is 51.0 Å². The van der Waals surface area contributed by atoms with Crippen molar-refractivity contribution in [1.29, 1.82) is 0 Å². The number of unbranched alkanes of at least 4 members (excludes halogenated alkanes) is 2. The summed E-state index contributed by atoms with van der Waals surface area (Å²) in [4.78, 5) is 180. The van der Waals surface area contributed by atoms with Crippen LogP contribution in [0.25, 0.3) is 0 Å². The Balaban J connectivity index is 0.000000432. The third kappa shape index (κ3) is 23.1. The van der Waals surface area contributed by atoms with Gasteiger partial charge < -0.3 is 82.2 Å². The monoisotopic (exact) mass is 1480 g/mol. The predicted octanol–water partition coefficient (Wildman–Crippen LogP) is 4.52. The van der Waals surface area contributed by atoms with Gasteiger partial charge in [-0.15, -0.1) is 22.7 Å². The summed E-state index contributed by atoms with van der Waals surface area (Å²) in [6.45, 7) is 32.8. The molecule has 2 saturated carbocycles. The van der Waals surface area contributed by atoms with Crippen molar-refractivity contribution in [2.75, 3.05) is 54.4 Å². The zero-order valence-corrected chi connectivity index (χ0v) is 65.9. The number of amides is 12. The number of likely N-dealkylation sites (N-methyl/N-ethyl adjacent to an activating group) is 2. The van der Waals surface area contributed by atoms with E-state index in [2.05, 4.69) is 42.5 Å². The first-order valence-corrected chi connectivity index (χ1v) is 36.8. The number of Topliss-reactive ketones (excluding diaryl/α,β-unsaturated/α-hetero) is 1. The minimum Gasteiger partial charge on any atom is -0.444 e. The van der Waals surface area contributed by atoms with Gasteiger partial charge in [0.1, 0.15) is 47.5 Å². The molecule has 2 aliphatic heterocycles. The molecule has 6 rings (SSSR count). The van der Waals surface area contributed by atoms with Crippen LogP contribution in [0.4, 0.5) is 9.59 Å². The topological polar surface area (TPSA) is 401 Å². The number of thiophene rings is 2. The molecule has 29 nitrogen and oxygen atoms in total. The number of rotatable bonds is 28. The van der Waals surface area contributed by atoms with Gasteiger partial charge in [0.2, 0.25) is 53.0 Å². The first kappa shape index (κ1) is 87.6. The van der Waals surface area contributed by atoms with Crippen LogP contribution in [0.3, 0.4) is 0 Å². The SMILES string of the molecule is CCCCC(NC(=O)[C@@H]1[C@@H]2[C@H](CN1C(=O)[C@@H](NC(=O)OC(C)(C)C)C(C)(C)C)C2(C)C)C(=O)C(=O)NCC(=O)N[C@H](C(=O)N(C)C)c1cccs1.CCCCC(NC(=O)[C@@H]1[C@@H]2[C@H](CN1C(=O)[C@@H](NC(=O)OC(C)(C)C)C(C)(C)C)C2(C)C)C(O)C(=O)NCC(=O)N[C@H](C(=O)N(C)C)c1cccs1.O. The molecule has 2 aliphatic carbocycles. The van der Waals surface area contributed by atoms with Crippen molar-refractivity contribution in [3.8, 4) is 0 Å². The fourth-order valence-corrected chi connectivity index (χ4v) is 14.8. The second-order valence-corrected chi connectivity index (χ2v) is 34.8. The summed E-state index contributed by atoms with van der Waals surface area (Å²) < 4.78 is 10.9. The molecule has 2 aromatic heterocycles. The van der Waals surface area contributed by atoms with Gasteiger partial charge in [-0.25, -0.2) is 9.59 Å². The lowest BCUT2D eigenvalue weighted by atomic mass is 9.85. The standard InChI is InChI=1S/C36H58N6O8S.C36H56N6O8S.H2O/c2*1-12-13-15-21(27(44)30(46)37-18-23(43)39-25(31(47)41(10)11)22-16-14-17-51-22)38-29(45)26-24-20(36(24,8)9)19-42(26)32(48)28(34(2,3)4)40-33(49)50-35(5,6)7;/h14,16-17,20-21,24-28,44H,12-13,15,18-19H2,1-11H3,(H,37,46)(H,38,45)(H,39,43)(H,40,49);14,16-17,20-21,24-26,28H,12-13,15,18-19H2,1-11H3,(H,37,46)(H,38,45)(H,39,43)(H,40,49);1H2/t20-,21?,24-,25-,26-,27?,28+;20-,21?,24-,25-,26-,28+;/m00./s1. The molecule has 578 valence electrons. The number of carbonyl (C=O) groups is 13. The van der Waals surface area contributed by atoms with Gasteiger partial charge in [-0.2, -0.15) is 0 Å². The molecule has 31 heteroatoms. The molecule has 0 spiro atoms. The molecule has 0 bridgehead atoms. The number of carbonyl (C=O) groups excluding carboxylic acids is 13. The summed E-state index contributed by atoms with van der Waals surface area (Å²) in [5.74, 6) is -7.03. The van der Waals surface area contributed by atoms with E-state index in [0.29, 0.717) is 42.1 Å². The van der Waals surface area contributed by atoms with Crippen LogP contribution in [0.1, 0.15) is 185 Å². The Labute approximate surface area is 614 Å². The van der Waals surface area contributed by atoms with E-state index in [-0.39, 0.29) is 64.6 Å². The van der Waals surface area contributed by atoms with Crippen LogP contribution >= 0.6 is 22.7 Å². The number of piperidine rings is 2. The second-order valence-electron chi connectivity index (χ2n) is 32.8. The molecule has 4 heterocycles. The molecule has 12 amide bonds. The van der Waals surface area contributed by atoms with E-state index in [9.17, 15) is 67.4 Å². The van der Waals surface area contributed by atoms with Crippen molar-refractivity contribution in [3.05, 3.63) is 44.8 Å². The Kier molecular flexibility index (Phi) is 30.1. The molecular formula is C72H116N12O17S2. The van der Waals surface area contributed by atoms with Crippen molar-refractivity contribution in [2.45, 2.75) is 229 Å². The van der Waals surface area contributed by atoms with Crippen molar-refractivity contribution >= 4 is 99.7 Å². The van der Waals surface area contributed by atoms with E-state index in [0.717, 1.165) is 6.42 Å². The number of aliphatic hydroxyl groups excluding tert-OH is 1. The van der Waals surface area contributed by atoms with Crippen LogP contribution in [0.15, 0.2) is 35.0 Å². The average Bonchev–Trinajstić information content (AvgIpc) is 1.53. The molecule has 0 radical (unpaired) electrons. The van der Waals surface area contributed by atoms with Gasteiger partial charge >= 0.3 is 12.2 Å². The largest absolute Gasteiger partial charge is 0.444 e. The number of nitrogens with one attached hydrogen (secondary N) is 8. The van der Waals surface area contributed by atoms with Crippen LogP contribution in [0, 0.1) is 45.3 Å². The molecule has 4 aliphatic rings. The number of likely N-dealkylation sites (tertiary alicyclic amines) is 2. The smallest absolute Gasteiger partial charge is 0.408 e. The summed E-state index contributed by atoms with van der Waals surface area (Å²) in [6, 6.07) is -0.973. The molecule has 103 heavy (non-hydrogen) atoms. The summed E-state index contributed by atoms with van der Waals surface area (Å²) in [7, 11) is 6.28. The fraction of sp³-hybridized carbons (Fsp3) is 0.708. The molecular weight excluding hydrogens is 1370 g/mol. The normalized spacial score (nSPS) is 21.1. The lowest BCUT2D eigenvalue weighted by Gasteiger charge is -2.38. The number of nitrogens with zero attached hydrogens (tertiary/aromatic N) is 4. The minimum atomic E-state index is -1.70. The highest BCUT2D eigenvalue weighted by atomic mass is 32.1. The molecule has 13 atom stereocenters. The number of hydrogen-bond acceptors (Lipinski definition) is 18. The minimum absolute atomic E-state index is 0. The second kappa shape index (κ2) is 35.3. The van der Waals surface area contributed by atoms with E-state index in [1.807, 2.05) is 83.1 Å². The Morgan fingerprint density at radius 1 is 0.563 bits per heavy atom. The molecule has 2 aromatic rings. The summed E-state index contributed by atoms with van der Waals surface area (Å²) in [6.07, 6.45) is -0.239. The molecule has 11 N–H and O–H groups in total. The first-order valence-electron chi connectivity index (χ1n) is 35.1. The summed E-state index contributed by atoms with van der Waals surface area (Å²) >= 11 is 2.60. The Morgan fingerprint density at radius 3 is 1.29 bits per heavy atom. The van der Waals surface area contributed by atoms with Crippen LogP contribution in [0.5, 0.6) is 0 Å². The van der Waals surface area contributed by atoms with Crippen molar-refractivity contribution in [3.63, 3.8) is 0 Å². The Hall–Kier alpha value is -7.77. The van der Waals surface area contributed by atoms with E-state index in [1.165, 1.54) is 42.3 Å². The third-order valence-electron chi connectivity index (χ3n) is 19.1. The van der Waals surface area contributed by atoms with E-state index < -0.39 is 155 Å². The number of hydrogen-bond donors (Lipinski definition) is 9. The van der Waals surface area contributed by atoms with Gasteiger partial charge in [0.05, 0.1) is 25.2 Å². The highest BCUT2D eigenvalue weighted by Gasteiger charge is 2.71. The quantitative estimate of drug-likeness (QED) is 0.0529. The molecule has 0 aromatic carbocycles. The van der Waals surface area contributed by atoms with Gasteiger partial charge in [-0.3, -0.25) is 52.7 Å². The number of ketones is 1. The number of alkyl carbamates (subject to hydrolysis) is 2. The average molecular weight is 1490 g/mol. The van der Waals surface area contributed by atoms with Gasteiger partial charge in [-0.1, -0.05) is 121 Å². The molecule has 4 fully saturated rings. The van der Waals surface area contributed by atoms with Crippen LogP contribution in [-0.2, 0) is 62.2 Å². The summed E-state index contributed by atoms with van der Waals surface area (Å²) in [5.41, 5.74) is -3.47. The first-order chi connectivity index (χ1) is 47.0. The maximum atomic E-state index is 14.2. The predicted molar refractivity (Wildman–Crippen MR) is 389 cm³/mol. The van der Waals surface area contributed by atoms with Crippen LogP contribution in [-0.4, -0.2) is 215 Å². The summed E-state index contributed by atoms with van der Waals surface area (Å²) in [5, 5.41) is 35.8. The Morgan fingerprint density at radius 2 is 0.942 bits per heavy atom. The van der Waals surface area contributed by atoms with E-state index >= 15 is 0 Å². The van der Waals surface area contributed by atoms with Crippen molar-refractivity contribution in [2.24, 2.45) is 45.3 Å². The lowest BCUT2D eigenvalue weighted by Crippen LogP contribution is -2.61. The lowest BCUT2D eigenvalue weighted by molar-refractivity contribution is -0.145. The third-order valence-corrected chi connectivity index (χ3v) is 21.0. The van der Waals surface area contributed by atoms with E-state index in [1.54, 1.807) is 105 Å². The van der Waals surface area contributed by atoms with Crippen molar-refractivity contribution < 1.29 is 82.4 Å². The maximum Gasteiger partial charge on any atom is 0.408 e. The van der Waals surface area contributed by atoms with Crippen LogP contribution in [0.2, 0.25) is 0 Å².